The maximum Gasteiger partial charge on any atom is 0.411 e. The van der Waals surface area contributed by atoms with Gasteiger partial charge in [0.25, 0.3) is 0 Å². The monoisotopic (exact) mass is 426 g/mol. The van der Waals surface area contributed by atoms with Crippen LogP contribution in [0, 0.1) is 0 Å². The van der Waals surface area contributed by atoms with Crippen LogP contribution in [0.3, 0.4) is 0 Å². The van der Waals surface area contributed by atoms with E-state index in [9.17, 15) is 4.79 Å². The van der Waals surface area contributed by atoms with Crippen LogP contribution in [-0.4, -0.2) is 37.2 Å². The maximum absolute atomic E-state index is 12.2. The zero-order valence-corrected chi connectivity index (χ0v) is 17.2. The SMILES string of the molecule is CN1CCCC1CCOC(=O)Nc1ccc(Cl)cc1-c1cc(Cl)cc(Cl)c1. The van der Waals surface area contributed by atoms with Crippen LogP contribution in [0.1, 0.15) is 19.3 Å². The summed E-state index contributed by atoms with van der Waals surface area (Å²) in [6.45, 7) is 1.49. The molecule has 1 aliphatic rings. The van der Waals surface area contributed by atoms with Gasteiger partial charge in [-0.1, -0.05) is 34.8 Å². The number of carbonyl (C=O) groups is 1. The second kappa shape index (κ2) is 9.16. The van der Waals surface area contributed by atoms with Gasteiger partial charge in [-0.2, -0.15) is 0 Å². The third-order valence-corrected chi connectivity index (χ3v) is 5.42. The van der Waals surface area contributed by atoms with Crippen molar-refractivity contribution in [1.29, 1.82) is 0 Å². The Balaban J connectivity index is 1.68. The van der Waals surface area contributed by atoms with Crippen LogP contribution in [0.25, 0.3) is 11.1 Å². The number of halogens is 3. The Morgan fingerprint density at radius 3 is 2.56 bits per heavy atom. The first-order valence-corrected chi connectivity index (χ1v) is 9.96. The van der Waals surface area contributed by atoms with Crippen LogP contribution >= 0.6 is 34.8 Å². The average Bonchev–Trinajstić information content (AvgIpc) is 3.01. The van der Waals surface area contributed by atoms with Gasteiger partial charge < -0.3 is 9.64 Å². The molecule has 0 radical (unpaired) electrons. The second-order valence-electron chi connectivity index (χ2n) is 6.67. The number of anilines is 1. The molecule has 1 amide bonds. The molecule has 0 spiro atoms. The van der Waals surface area contributed by atoms with E-state index in [0.717, 1.165) is 30.5 Å². The van der Waals surface area contributed by atoms with Crippen molar-refractivity contribution in [2.45, 2.75) is 25.3 Å². The van der Waals surface area contributed by atoms with Crippen molar-refractivity contribution in [2.24, 2.45) is 0 Å². The predicted octanol–water partition coefficient (Wildman–Crippen LogP) is 6.35. The topological polar surface area (TPSA) is 41.6 Å². The highest BCUT2D eigenvalue weighted by molar-refractivity contribution is 6.35. The summed E-state index contributed by atoms with van der Waals surface area (Å²) in [6, 6.07) is 10.9. The number of amides is 1. The predicted molar refractivity (Wildman–Crippen MR) is 112 cm³/mol. The molecule has 2 aromatic rings. The summed E-state index contributed by atoms with van der Waals surface area (Å²) >= 11 is 18.4. The summed E-state index contributed by atoms with van der Waals surface area (Å²) in [5.41, 5.74) is 2.07. The van der Waals surface area contributed by atoms with Gasteiger partial charge in [-0.3, -0.25) is 5.32 Å². The molecular formula is C20H21Cl3N2O2. The third kappa shape index (κ3) is 5.52. The van der Waals surface area contributed by atoms with Gasteiger partial charge in [0.05, 0.1) is 12.3 Å². The van der Waals surface area contributed by atoms with E-state index in [-0.39, 0.29) is 0 Å². The zero-order valence-electron chi connectivity index (χ0n) is 15.0. The number of carbonyl (C=O) groups excluding carboxylic acids is 1. The number of benzene rings is 2. The van der Waals surface area contributed by atoms with Crippen molar-refractivity contribution in [3.05, 3.63) is 51.5 Å². The molecule has 1 N–H and O–H groups in total. The van der Waals surface area contributed by atoms with Crippen molar-refractivity contribution >= 4 is 46.6 Å². The van der Waals surface area contributed by atoms with Crippen molar-refractivity contribution < 1.29 is 9.53 Å². The molecule has 2 aromatic carbocycles. The summed E-state index contributed by atoms with van der Waals surface area (Å²) in [4.78, 5) is 14.5. The van der Waals surface area contributed by atoms with Crippen LogP contribution in [0.5, 0.6) is 0 Å². The Hall–Kier alpha value is -1.46. The highest BCUT2D eigenvalue weighted by atomic mass is 35.5. The zero-order chi connectivity index (χ0) is 19.4. The molecule has 0 aliphatic carbocycles. The normalized spacial score (nSPS) is 17.1. The molecule has 1 heterocycles. The molecule has 0 aromatic heterocycles. The molecule has 27 heavy (non-hydrogen) atoms. The van der Waals surface area contributed by atoms with Gasteiger partial charge in [0.1, 0.15) is 0 Å². The largest absolute Gasteiger partial charge is 0.449 e. The Morgan fingerprint density at radius 2 is 1.89 bits per heavy atom. The minimum absolute atomic E-state index is 0.382. The molecule has 144 valence electrons. The van der Waals surface area contributed by atoms with Crippen LogP contribution < -0.4 is 5.32 Å². The van der Waals surface area contributed by atoms with Crippen LogP contribution in [0.4, 0.5) is 10.5 Å². The molecular weight excluding hydrogens is 407 g/mol. The number of nitrogens with zero attached hydrogens (tertiary/aromatic N) is 1. The van der Waals surface area contributed by atoms with E-state index >= 15 is 0 Å². The van der Waals surface area contributed by atoms with Crippen LogP contribution in [0.2, 0.25) is 15.1 Å². The van der Waals surface area contributed by atoms with Gasteiger partial charge in [-0.15, -0.1) is 0 Å². The van der Waals surface area contributed by atoms with Crippen LogP contribution in [-0.2, 0) is 4.74 Å². The van der Waals surface area contributed by atoms with E-state index in [1.54, 1.807) is 36.4 Å². The van der Waals surface area contributed by atoms with E-state index < -0.39 is 6.09 Å². The number of ether oxygens (including phenoxy) is 1. The first-order chi connectivity index (χ1) is 12.9. The lowest BCUT2D eigenvalue weighted by atomic mass is 10.0. The number of nitrogens with one attached hydrogen (secondary N) is 1. The molecule has 0 bridgehead atoms. The van der Waals surface area contributed by atoms with E-state index in [2.05, 4.69) is 17.3 Å². The van der Waals surface area contributed by atoms with Crippen molar-refractivity contribution in [3.8, 4) is 11.1 Å². The lowest BCUT2D eigenvalue weighted by Gasteiger charge is -2.19. The lowest BCUT2D eigenvalue weighted by Crippen LogP contribution is -2.27. The second-order valence-corrected chi connectivity index (χ2v) is 7.98. The Morgan fingerprint density at radius 1 is 1.15 bits per heavy atom. The summed E-state index contributed by atoms with van der Waals surface area (Å²) in [5.74, 6) is 0. The first-order valence-electron chi connectivity index (χ1n) is 8.82. The average molecular weight is 428 g/mol. The molecule has 4 nitrogen and oxygen atoms in total. The number of hydrogen-bond acceptors (Lipinski definition) is 3. The minimum Gasteiger partial charge on any atom is -0.449 e. The van der Waals surface area contributed by atoms with Crippen molar-refractivity contribution in [3.63, 3.8) is 0 Å². The summed E-state index contributed by atoms with van der Waals surface area (Å²) in [7, 11) is 2.11. The Kier molecular flexibility index (Phi) is 6.88. The Labute approximate surface area is 174 Å². The van der Waals surface area contributed by atoms with Gasteiger partial charge in [0, 0.05) is 26.7 Å². The molecule has 3 rings (SSSR count). The van der Waals surface area contributed by atoms with Gasteiger partial charge in [0.15, 0.2) is 0 Å². The molecule has 1 aliphatic heterocycles. The minimum atomic E-state index is -0.493. The van der Waals surface area contributed by atoms with Gasteiger partial charge in [-0.05, 0) is 74.8 Å². The fourth-order valence-corrected chi connectivity index (χ4v) is 4.05. The Bertz CT molecular complexity index is 809. The quantitative estimate of drug-likeness (QED) is 0.604. The smallest absolute Gasteiger partial charge is 0.411 e. The number of rotatable bonds is 5. The molecule has 1 atom stereocenters. The lowest BCUT2D eigenvalue weighted by molar-refractivity contribution is 0.147. The summed E-state index contributed by atoms with van der Waals surface area (Å²) in [6.07, 6.45) is 2.69. The van der Waals surface area contributed by atoms with Gasteiger partial charge >= 0.3 is 6.09 Å². The highest BCUT2D eigenvalue weighted by Gasteiger charge is 2.21. The van der Waals surface area contributed by atoms with E-state index in [1.807, 2.05) is 0 Å². The number of likely N-dealkylation sites (tertiary alicyclic amines) is 1. The van der Waals surface area contributed by atoms with E-state index in [1.165, 1.54) is 6.42 Å². The number of hydrogen-bond donors (Lipinski definition) is 1. The summed E-state index contributed by atoms with van der Waals surface area (Å²) in [5, 5.41) is 4.35. The van der Waals surface area contributed by atoms with Gasteiger partial charge in [0.2, 0.25) is 0 Å². The highest BCUT2D eigenvalue weighted by Crippen LogP contribution is 2.34. The van der Waals surface area contributed by atoms with Gasteiger partial charge in [-0.25, -0.2) is 4.79 Å². The molecule has 1 saturated heterocycles. The first kappa shape index (κ1) is 20.3. The summed E-state index contributed by atoms with van der Waals surface area (Å²) < 4.78 is 5.36. The molecule has 0 saturated carbocycles. The molecule has 7 heteroatoms. The fourth-order valence-electron chi connectivity index (χ4n) is 3.35. The molecule has 1 unspecified atom stereocenters. The van der Waals surface area contributed by atoms with E-state index in [0.29, 0.717) is 33.4 Å². The van der Waals surface area contributed by atoms with Crippen LogP contribution in [0.15, 0.2) is 36.4 Å². The fraction of sp³-hybridized carbons (Fsp3) is 0.350. The standard InChI is InChI=1S/C20H21Cl3N2O2/c1-25-7-2-3-17(25)6-8-27-20(26)24-19-5-4-14(21)12-18(19)13-9-15(22)11-16(23)10-13/h4-5,9-12,17H,2-3,6-8H2,1H3,(H,24,26). The van der Waals surface area contributed by atoms with E-state index in [4.69, 9.17) is 39.5 Å². The maximum atomic E-state index is 12.2. The van der Waals surface area contributed by atoms with Crippen molar-refractivity contribution in [2.75, 3.05) is 25.5 Å². The van der Waals surface area contributed by atoms with Crippen molar-refractivity contribution in [1.82, 2.24) is 4.90 Å². The molecule has 1 fully saturated rings. The third-order valence-electron chi connectivity index (χ3n) is 4.75.